The fourth-order valence-corrected chi connectivity index (χ4v) is 4.67. The van der Waals surface area contributed by atoms with E-state index in [1.54, 1.807) is 15.8 Å². The number of thiophene rings is 1. The summed E-state index contributed by atoms with van der Waals surface area (Å²) in [5, 5.41) is 1.69. The zero-order chi connectivity index (χ0) is 13.4. The first kappa shape index (κ1) is 14.0. The lowest BCUT2D eigenvalue weighted by Crippen LogP contribution is -2.40. The highest BCUT2D eigenvalue weighted by atomic mass is 32.2. The maximum Gasteiger partial charge on any atom is 0.243 e. The lowest BCUT2D eigenvalue weighted by molar-refractivity contribution is 0.196. The summed E-state index contributed by atoms with van der Waals surface area (Å²) in [7, 11) is -3.31. The quantitative estimate of drug-likeness (QED) is 0.925. The predicted molar refractivity (Wildman–Crippen MR) is 74.0 cm³/mol. The molecule has 0 amide bonds. The maximum absolute atomic E-state index is 12.4. The Hall–Kier alpha value is -0.430. The van der Waals surface area contributed by atoms with Gasteiger partial charge in [-0.15, -0.1) is 11.3 Å². The van der Waals surface area contributed by atoms with Crippen molar-refractivity contribution in [2.24, 2.45) is 11.1 Å². The number of hydrogen-bond donors (Lipinski definition) is 1. The maximum atomic E-state index is 12.4. The highest BCUT2D eigenvalue weighted by Gasteiger charge is 2.33. The summed E-state index contributed by atoms with van der Waals surface area (Å²) in [6, 6.07) is 1.69. The van der Waals surface area contributed by atoms with Crippen molar-refractivity contribution in [1.29, 1.82) is 0 Å². The van der Waals surface area contributed by atoms with E-state index in [1.165, 1.54) is 11.3 Å². The van der Waals surface area contributed by atoms with E-state index >= 15 is 0 Å². The summed E-state index contributed by atoms with van der Waals surface area (Å²) in [5.74, 6) is 0. The van der Waals surface area contributed by atoms with Crippen LogP contribution in [0.4, 0.5) is 0 Å². The minimum Gasteiger partial charge on any atom is -0.326 e. The molecule has 0 aromatic carbocycles. The molecule has 2 rings (SSSR count). The van der Waals surface area contributed by atoms with Crippen LogP contribution in [0.1, 0.15) is 31.6 Å². The molecule has 18 heavy (non-hydrogen) atoms. The second kappa shape index (κ2) is 4.92. The molecule has 0 aliphatic carbocycles. The lowest BCUT2D eigenvalue weighted by Gasteiger charge is -2.35. The van der Waals surface area contributed by atoms with Crippen molar-refractivity contribution in [3.05, 3.63) is 16.3 Å². The van der Waals surface area contributed by atoms with Crippen LogP contribution >= 0.6 is 11.3 Å². The first-order valence-electron chi connectivity index (χ1n) is 6.13. The molecule has 0 spiro atoms. The molecule has 0 saturated carbocycles. The Kier molecular flexibility index (Phi) is 3.82. The summed E-state index contributed by atoms with van der Waals surface area (Å²) < 4.78 is 26.4. The van der Waals surface area contributed by atoms with E-state index in [1.807, 2.05) is 0 Å². The largest absolute Gasteiger partial charge is 0.326 e. The summed E-state index contributed by atoms with van der Waals surface area (Å²) in [5.41, 5.74) is 5.78. The summed E-state index contributed by atoms with van der Waals surface area (Å²) in [6.07, 6.45) is 1.83. The van der Waals surface area contributed by atoms with Crippen molar-refractivity contribution in [1.82, 2.24) is 4.31 Å². The van der Waals surface area contributed by atoms with Gasteiger partial charge in [-0.3, -0.25) is 0 Å². The standard InChI is InChI=1S/C12H20N2O2S2/c1-12(2)3-5-14(6-4-12)18(15,16)11-7-10(8-13)17-9-11/h7,9H,3-6,8,13H2,1-2H3. The third-order valence-corrected chi connectivity index (χ3v) is 6.53. The van der Waals surface area contributed by atoms with Crippen LogP contribution < -0.4 is 5.73 Å². The van der Waals surface area contributed by atoms with Gasteiger partial charge in [0, 0.05) is 29.9 Å². The summed E-state index contributed by atoms with van der Waals surface area (Å²) in [6.45, 7) is 6.00. The fourth-order valence-electron chi connectivity index (χ4n) is 2.08. The molecule has 1 aliphatic heterocycles. The van der Waals surface area contributed by atoms with E-state index in [9.17, 15) is 8.42 Å². The molecule has 0 radical (unpaired) electrons. The van der Waals surface area contributed by atoms with Gasteiger partial charge in [-0.25, -0.2) is 8.42 Å². The van der Waals surface area contributed by atoms with Gasteiger partial charge in [0.05, 0.1) is 4.90 Å². The summed E-state index contributed by atoms with van der Waals surface area (Å²) >= 11 is 1.41. The average molecular weight is 288 g/mol. The van der Waals surface area contributed by atoms with Gasteiger partial charge in [0.25, 0.3) is 0 Å². The van der Waals surface area contributed by atoms with Gasteiger partial charge in [-0.2, -0.15) is 4.31 Å². The van der Waals surface area contributed by atoms with Crippen molar-refractivity contribution in [2.45, 2.75) is 38.1 Å². The van der Waals surface area contributed by atoms with E-state index in [0.717, 1.165) is 17.7 Å². The van der Waals surface area contributed by atoms with Gasteiger partial charge >= 0.3 is 0 Å². The molecular weight excluding hydrogens is 268 g/mol. The van der Waals surface area contributed by atoms with Crippen LogP contribution in [-0.2, 0) is 16.6 Å². The Labute approximate surface area is 113 Å². The highest BCUT2D eigenvalue weighted by molar-refractivity contribution is 7.89. The van der Waals surface area contributed by atoms with Crippen LogP contribution in [0.3, 0.4) is 0 Å². The van der Waals surface area contributed by atoms with Crippen LogP contribution in [-0.4, -0.2) is 25.8 Å². The first-order chi connectivity index (χ1) is 8.35. The van der Waals surface area contributed by atoms with E-state index in [-0.39, 0.29) is 5.41 Å². The molecule has 0 bridgehead atoms. The van der Waals surface area contributed by atoms with Crippen molar-refractivity contribution in [3.8, 4) is 0 Å². The Morgan fingerprint density at radius 2 is 2.00 bits per heavy atom. The van der Waals surface area contributed by atoms with Crippen molar-refractivity contribution < 1.29 is 8.42 Å². The van der Waals surface area contributed by atoms with Crippen molar-refractivity contribution in [3.63, 3.8) is 0 Å². The Bertz CT molecular complexity index is 510. The molecule has 6 heteroatoms. The smallest absolute Gasteiger partial charge is 0.243 e. The molecule has 1 aromatic rings. The van der Waals surface area contributed by atoms with Gasteiger partial charge < -0.3 is 5.73 Å². The van der Waals surface area contributed by atoms with E-state index in [4.69, 9.17) is 5.73 Å². The van der Waals surface area contributed by atoms with Crippen molar-refractivity contribution >= 4 is 21.4 Å². The average Bonchev–Trinajstić information content (AvgIpc) is 2.77. The van der Waals surface area contributed by atoms with E-state index in [2.05, 4.69) is 13.8 Å². The number of piperidine rings is 1. The predicted octanol–water partition coefficient (Wildman–Crippen LogP) is 2.02. The second-order valence-corrected chi connectivity index (χ2v) is 8.45. The van der Waals surface area contributed by atoms with Gasteiger partial charge in [0.15, 0.2) is 0 Å². The third-order valence-electron chi connectivity index (χ3n) is 3.54. The Morgan fingerprint density at radius 1 is 1.39 bits per heavy atom. The van der Waals surface area contributed by atoms with Crippen LogP contribution in [0.15, 0.2) is 16.3 Å². The summed E-state index contributed by atoms with van der Waals surface area (Å²) in [4.78, 5) is 1.30. The molecule has 4 nitrogen and oxygen atoms in total. The Morgan fingerprint density at radius 3 is 2.50 bits per heavy atom. The van der Waals surface area contributed by atoms with Crippen LogP contribution in [0.2, 0.25) is 0 Å². The van der Waals surface area contributed by atoms with Gasteiger partial charge in [0.1, 0.15) is 0 Å². The number of nitrogens with zero attached hydrogens (tertiary/aromatic N) is 1. The third kappa shape index (κ3) is 2.77. The number of nitrogens with two attached hydrogens (primary N) is 1. The topological polar surface area (TPSA) is 63.4 Å². The first-order valence-corrected chi connectivity index (χ1v) is 8.45. The van der Waals surface area contributed by atoms with Gasteiger partial charge in [0.2, 0.25) is 10.0 Å². The molecule has 102 valence electrons. The van der Waals surface area contributed by atoms with Crippen LogP contribution in [0.25, 0.3) is 0 Å². The molecule has 2 heterocycles. The van der Waals surface area contributed by atoms with E-state index < -0.39 is 10.0 Å². The lowest BCUT2D eigenvalue weighted by atomic mass is 9.83. The number of rotatable bonds is 3. The minimum absolute atomic E-state index is 0.253. The second-order valence-electron chi connectivity index (χ2n) is 5.52. The van der Waals surface area contributed by atoms with Crippen molar-refractivity contribution in [2.75, 3.05) is 13.1 Å². The molecule has 1 fully saturated rings. The van der Waals surface area contributed by atoms with E-state index in [0.29, 0.717) is 24.5 Å². The molecule has 1 aromatic heterocycles. The molecule has 0 unspecified atom stereocenters. The monoisotopic (exact) mass is 288 g/mol. The number of hydrogen-bond acceptors (Lipinski definition) is 4. The molecule has 2 N–H and O–H groups in total. The normalized spacial score (nSPS) is 21.1. The minimum atomic E-state index is -3.31. The SMILES string of the molecule is CC1(C)CCN(S(=O)(=O)c2csc(CN)c2)CC1. The highest BCUT2D eigenvalue weighted by Crippen LogP contribution is 2.33. The molecular formula is C12H20N2O2S2. The van der Waals surface area contributed by atoms with Crippen LogP contribution in [0.5, 0.6) is 0 Å². The zero-order valence-electron chi connectivity index (χ0n) is 10.8. The Balaban J connectivity index is 2.17. The van der Waals surface area contributed by atoms with Crippen LogP contribution in [0, 0.1) is 5.41 Å². The molecule has 1 aliphatic rings. The van der Waals surface area contributed by atoms with Gasteiger partial charge in [-0.05, 0) is 24.3 Å². The number of sulfonamides is 1. The zero-order valence-corrected chi connectivity index (χ0v) is 12.5. The molecule has 1 saturated heterocycles. The van der Waals surface area contributed by atoms with Gasteiger partial charge in [-0.1, -0.05) is 13.8 Å². The fraction of sp³-hybridized carbons (Fsp3) is 0.667. The molecule has 0 atom stereocenters.